The molecular formula is C37H21F5N4OPt. The first-order chi connectivity index (χ1) is 22.8. The van der Waals surface area contributed by atoms with Crippen molar-refractivity contribution in [2.24, 2.45) is 7.05 Å². The maximum absolute atomic E-state index is 15.6. The Balaban J connectivity index is 0.00000401. The summed E-state index contributed by atoms with van der Waals surface area (Å²) in [5.74, 6) is -9.00. The summed E-state index contributed by atoms with van der Waals surface area (Å²) in [4.78, 5) is 4.35. The monoisotopic (exact) mass is 827 g/mol. The van der Waals surface area contributed by atoms with Crippen molar-refractivity contribution in [3.05, 3.63) is 151 Å². The van der Waals surface area contributed by atoms with Gasteiger partial charge >= 0.3 is 21.1 Å². The topological polar surface area (TPSA) is 44.9 Å². The number of benzene rings is 5. The molecular weight excluding hydrogens is 807 g/mol. The zero-order chi connectivity index (χ0) is 32.7. The molecule has 2 aromatic heterocycles. The number of aromatic nitrogens is 4. The molecule has 5 aromatic carbocycles. The predicted molar refractivity (Wildman–Crippen MR) is 166 cm³/mol. The fourth-order valence-corrected chi connectivity index (χ4v) is 5.31. The van der Waals surface area contributed by atoms with Gasteiger partial charge in [0, 0.05) is 47.6 Å². The van der Waals surface area contributed by atoms with E-state index in [-0.39, 0.29) is 49.5 Å². The van der Waals surface area contributed by atoms with Gasteiger partial charge in [0.25, 0.3) is 0 Å². The van der Waals surface area contributed by atoms with E-state index >= 15 is 8.78 Å². The first kappa shape index (κ1) is 32.6. The van der Waals surface area contributed by atoms with Crippen LogP contribution in [0.1, 0.15) is 0 Å². The molecule has 0 fully saturated rings. The Bertz CT molecular complexity index is 2230. The molecule has 11 heteroatoms. The summed E-state index contributed by atoms with van der Waals surface area (Å²) in [6.07, 6.45) is 3.49. The van der Waals surface area contributed by atoms with E-state index in [0.29, 0.717) is 28.3 Å². The van der Waals surface area contributed by atoms with Crippen molar-refractivity contribution in [3.8, 4) is 62.2 Å². The van der Waals surface area contributed by atoms with E-state index < -0.39 is 34.6 Å². The number of rotatable bonds is 7. The molecule has 48 heavy (non-hydrogen) atoms. The summed E-state index contributed by atoms with van der Waals surface area (Å²) in [7, 11) is 1.86. The molecule has 5 nitrogen and oxygen atoms in total. The maximum Gasteiger partial charge on any atom is 2.00 e. The zero-order valence-electron chi connectivity index (χ0n) is 24.8. The molecule has 0 saturated heterocycles. The van der Waals surface area contributed by atoms with Gasteiger partial charge in [0.15, 0.2) is 23.3 Å². The molecule has 0 aliphatic heterocycles. The van der Waals surface area contributed by atoms with Crippen molar-refractivity contribution in [3.63, 3.8) is 0 Å². The van der Waals surface area contributed by atoms with E-state index in [9.17, 15) is 13.2 Å². The number of ether oxygens (including phenoxy) is 1. The normalized spacial score (nSPS) is 11.0. The molecule has 0 unspecified atom stereocenters. The van der Waals surface area contributed by atoms with E-state index in [2.05, 4.69) is 17.1 Å². The van der Waals surface area contributed by atoms with Gasteiger partial charge < -0.3 is 9.30 Å². The van der Waals surface area contributed by atoms with Crippen LogP contribution in [0.25, 0.3) is 50.7 Å². The van der Waals surface area contributed by atoms with E-state index in [1.165, 1.54) is 4.68 Å². The third-order valence-electron chi connectivity index (χ3n) is 7.47. The van der Waals surface area contributed by atoms with Crippen LogP contribution in [0, 0.1) is 41.2 Å². The van der Waals surface area contributed by atoms with Crippen LogP contribution in [0.3, 0.4) is 0 Å². The van der Waals surface area contributed by atoms with Crippen molar-refractivity contribution in [2.45, 2.75) is 0 Å². The summed E-state index contributed by atoms with van der Waals surface area (Å²) in [6, 6.07) is 33.4. The fourth-order valence-electron chi connectivity index (χ4n) is 5.31. The number of nitrogens with zero attached hydrogens (tertiary/aromatic N) is 4. The fraction of sp³-hybridized carbons (Fsp3) is 0.0270. The predicted octanol–water partition coefficient (Wildman–Crippen LogP) is 9.36. The Morgan fingerprint density at radius 1 is 0.625 bits per heavy atom. The second-order valence-electron chi connectivity index (χ2n) is 10.5. The van der Waals surface area contributed by atoms with Crippen molar-refractivity contribution in [1.29, 1.82) is 0 Å². The van der Waals surface area contributed by atoms with Gasteiger partial charge in [0.1, 0.15) is 5.69 Å². The second-order valence-corrected chi connectivity index (χ2v) is 10.5. The molecule has 0 aliphatic rings. The Labute approximate surface area is 286 Å². The molecule has 0 amide bonds. The number of aryl methyl sites for hydroxylation is 1. The Kier molecular flexibility index (Phi) is 9.11. The minimum absolute atomic E-state index is 0. The van der Waals surface area contributed by atoms with Crippen LogP contribution in [0.5, 0.6) is 11.5 Å². The van der Waals surface area contributed by atoms with Gasteiger partial charge in [-0.1, -0.05) is 66.7 Å². The van der Waals surface area contributed by atoms with E-state index in [0.717, 1.165) is 0 Å². The molecule has 7 aromatic rings. The smallest absolute Gasteiger partial charge is 0.503 e. The number of imidazole rings is 1. The number of halogens is 5. The van der Waals surface area contributed by atoms with E-state index in [1.54, 1.807) is 97.2 Å². The van der Waals surface area contributed by atoms with Gasteiger partial charge in [-0.2, -0.15) is 11.2 Å². The zero-order valence-corrected chi connectivity index (χ0v) is 27.1. The molecule has 7 rings (SSSR count). The van der Waals surface area contributed by atoms with E-state index in [4.69, 9.17) is 9.84 Å². The van der Waals surface area contributed by atoms with Gasteiger partial charge in [-0.25, -0.2) is 22.0 Å². The maximum atomic E-state index is 15.6. The Hall–Kier alpha value is -5.34. The van der Waals surface area contributed by atoms with Crippen LogP contribution in [-0.4, -0.2) is 19.3 Å². The van der Waals surface area contributed by atoms with Gasteiger partial charge in [-0.05, 0) is 5.69 Å². The quantitative estimate of drug-likeness (QED) is 0.0697. The summed E-state index contributed by atoms with van der Waals surface area (Å²) in [5, 5.41) is 4.71. The van der Waals surface area contributed by atoms with Gasteiger partial charge in [-0.15, -0.1) is 42.0 Å². The molecule has 0 atom stereocenters. The van der Waals surface area contributed by atoms with Crippen LogP contribution in [-0.2, 0) is 28.1 Å². The van der Waals surface area contributed by atoms with Gasteiger partial charge in [0.2, 0.25) is 5.82 Å². The van der Waals surface area contributed by atoms with Crippen LogP contribution < -0.4 is 4.74 Å². The number of hydrogen-bond donors (Lipinski definition) is 0. The number of hydrogen-bond acceptors (Lipinski definition) is 3. The SMILES string of the molecule is Cn1ccnc1-c1[c-]c(Oc2[c-]c(-n3nc(-c4ccccc4)c(-c4c(F)c(F)c(F)c(F)c4F)c3-c3ccccc3)ccc2)ccc1.[Pt+2]. The molecule has 0 saturated carbocycles. The molecule has 2 heterocycles. The summed E-state index contributed by atoms with van der Waals surface area (Å²) in [6.45, 7) is 0. The van der Waals surface area contributed by atoms with Crippen molar-refractivity contribution >= 4 is 0 Å². The largest absolute Gasteiger partial charge is 2.00 e. The standard InChI is InChI=1S/C37H21F5N4O.Pt/c1-45-19-18-43-37(45)24-14-8-16-26(20-24)47-27-17-9-15-25(21-27)46-36(23-12-6-3-7-13-23)29(35(44-46)22-10-4-2-5-11-22)28-30(38)32(40)34(42)33(41)31(28)39;/h2-19H,1H3;/q-2;+2. The summed E-state index contributed by atoms with van der Waals surface area (Å²) >= 11 is 0. The molecule has 0 spiro atoms. The first-order valence-corrected chi connectivity index (χ1v) is 14.3. The van der Waals surface area contributed by atoms with Crippen molar-refractivity contribution in [1.82, 2.24) is 19.3 Å². The van der Waals surface area contributed by atoms with Crippen molar-refractivity contribution < 1.29 is 47.8 Å². The molecule has 0 radical (unpaired) electrons. The second kappa shape index (κ2) is 13.4. The molecule has 0 bridgehead atoms. The molecule has 0 aliphatic carbocycles. The molecule has 240 valence electrons. The average Bonchev–Trinajstić information content (AvgIpc) is 3.72. The van der Waals surface area contributed by atoms with E-state index in [1.807, 2.05) is 23.9 Å². The van der Waals surface area contributed by atoms with Gasteiger partial charge in [0.05, 0.1) is 17.1 Å². The van der Waals surface area contributed by atoms with Crippen LogP contribution >= 0.6 is 0 Å². The third kappa shape index (κ3) is 5.84. The minimum atomic E-state index is -2.25. The Morgan fingerprint density at radius 3 is 1.83 bits per heavy atom. The average molecular weight is 828 g/mol. The molecule has 0 N–H and O–H groups in total. The third-order valence-corrected chi connectivity index (χ3v) is 7.47. The van der Waals surface area contributed by atoms with Crippen LogP contribution in [0.2, 0.25) is 0 Å². The minimum Gasteiger partial charge on any atom is -0.503 e. The van der Waals surface area contributed by atoms with Gasteiger partial charge in [-0.3, -0.25) is 9.67 Å². The van der Waals surface area contributed by atoms with Crippen LogP contribution in [0.15, 0.2) is 109 Å². The Morgan fingerprint density at radius 2 is 1.21 bits per heavy atom. The first-order valence-electron chi connectivity index (χ1n) is 14.3. The van der Waals surface area contributed by atoms with Crippen molar-refractivity contribution in [2.75, 3.05) is 0 Å². The van der Waals surface area contributed by atoms with Crippen LogP contribution in [0.4, 0.5) is 22.0 Å². The summed E-state index contributed by atoms with van der Waals surface area (Å²) in [5.41, 5.74) is 0.434. The summed E-state index contributed by atoms with van der Waals surface area (Å²) < 4.78 is 84.0.